The van der Waals surface area contributed by atoms with Gasteiger partial charge in [-0.25, -0.2) is 4.39 Å². The molecule has 0 radical (unpaired) electrons. The topological polar surface area (TPSA) is 37.4 Å². The molecule has 5 heteroatoms. The lowest BCUT2D eigenvalue weighted by atomic mass is 9.89. The molecule has 0 unspecified atom stereocenters. The molecule has 0 N–H and O–H groups in total. The molecule has 0 aliphatic carbocycles. The number of Topliss-reactive ketones (excluding diaryl/α,β-unsaturated/α-hetero) is 1. The Morgan fingerprint density at radius 2 is 1.73 bits per heavy atom. The molecule has 0 saturated carbocycles. The fourth-order valence-electron chi connectivity index (χ4n) is 3.47. The number of ketones is 1. The summed E-state index contributed by atoms with van der Waals surface area (Å²) in [6.45, 7) is 1.11. The molecule has 0 spiro atoms. The summed E-state index contributed by atoms with van der Waals surface area (Å²) >= 11 is 1.32. The molecule has 0 bridgehead atoms. The highest BCUT2D eigenvalue weighted by atomic mass is 32.1. The van der Waals surface area contributed by atoms with E-state index in [2.05, 4.69) is 0 Å². The first kappa shape index (κ1) is 16.9. The molecule has 1 aliphatic heterocycles. The molecular weight excluding hydrogens is 349 g/mol. The lowest BCUT2D eigenvalue weighted by Crippen LogP contribution is -2.40. The molecule has 0 atom stereocenters. The van der Waals surface area contributed by atoms with Crippen LogP contribution in [0, 0.1) is 11.7 Å². The Bertz CT molecular complexity index is 959. The number of rotatable bonds is 3. The van der Waals surface area contributed by atoms with Crippen LogP contribution in [-0.2, 0) is 0 Å². The van der Waals surface area contributed by atoms with E-state index in [4.69, 9.17) is 0 Å². The van der Waals surface area contributed by atoms with Gasteiger partial charge in [-0.2, -0.15) is 0 Å². The van der Waals surface area contributed by atoms with Gasteiger partial charge in [0.1, 0.15) is 5.82 Å². The number of carbonyl (C=O) groups excluding carboxylic acids is 2. The molecule has 1 amide bonds. The smallest absolute Gasteiger partial charge is 0.263 e. The van der Waals surface area contributed by atoms with Gasteiger partial charge in [-0.3, -0.25) is 9.59 Å². The van der Waals surface area contributed by atoms with Crippen molar-refractivity contribution < 1.29 is 14.0 Å². The molecule has 4 rings (SSSR count). The molecule has 2 aromatic carbocycles. The molecule has 26 heavy (non-hydrogen) atoms. The van der Waals surface area contributed by atoms with E-state index in [1.54, 1.807) is 17.0 Å². The summed E-state index contributed by atoms with van der Waals surface area (Å²) in [5.74, 6) is -0.260. The SMILES string of the molecule is O=C(c1ccccc1)C1CCN(C(=O)c2cc3c(F)cccc3s2)CC1. The van der Waals surface area contributed by atoms with Gasteiger partial charge in [0.15, 0.2) is 5.78 Å². The quantitative estimate of drug-likeness (QED) is 0.625. The summed E-state index contributed by atoms with van der Waals surface area (Å²) < 4.78 is 14.6. The maximum absolute atomic E-state index is 13.9. The van der Waals surface area contributed by atoms with E-state index in [9.17, 15) is 14.0 Å². The van der Waals surface area contributed by atoms with Gasteiger partial charge < -0.3 is 4.90 Å². The normalized spacial score (nSPS) is 15.3. The second kappa shape index (κ2) is 7.00. The zero-order valence-corrected chi connectivity index (χ0v) is 15.0. The number of nitrogens with zero attached hydrogens (tertiary/aromatic N) is 1. The highest BCUT2D eigenvalue weighted by Crippen LogP contribution is 2.30. The summed E-state index contributed by atoms with van der Waals surface area (Å²) in [6, 6.07) is 15.8. The molecule has 3 nitrogen and oxygen atoms in total. The van der Waals surface area contributed by atoms with Crippen molar-refractivity contribution in [3.63, 3.8) is 0 Å². The van der Waals surface area contributed by atoms with E-state index in [0.717, 1.165) is 10.3 Å². The van der Waals surface area contributed by atoms with Crippen molar-refractivity contribution in [2.75, 3.05) is 13.1 Å². The Kier molecular flexibility index (Phi) is 4.55. The first-order chi connectivity index (χ1) is 12.6. The lowest BCUT2D eigenvalue weighted by Gasteiger charge is -2.31. The summed E-state index contributed by atoms with van der Waals surface area (Å²) in [5.41, 5.74) is 0.734. The average Bonchev–Trinajstić information content (AvgIpc) is 3.13. The van der Waals surface area contributed by atoms with Crippen molar-refractivity contribution in [1.82, 2.24) is 4.90 Å². The van der Waals surface area contributed by atoms with Gasteiger partial charge in [-0.15, -0.1) is 11.3 Å². The predicted molar refractivity (Wildman–Crippen MR) is 101 cm³/mol. The second-order valence-corrected chi connectivity index (χ2v) is 7.64. The fraction of sp³-hybridized carbons (Fsp3) is 0.238. The largest absolute Gasteiger partial charge is 0.338 e. The zero-order valence-electron chi connectivity index (χ0n) is 14.2. The first-order valence-corrected chi connectivity index (χ1v) is 9.52. The minimum atomic E-state index is -0.301. The molecule has 132 valence electrons. The van der Waals surface area contributed by atoms with Crippen LogP contribution in [0.1, 0.15) is 32.9 Å². The molecule has 1 aliphatic rings. The van der Waals surface area contributed by atoms with E-state index < -0.39 is 0 Å². The van der Waals surface area contributed by atoms with Crippen LogP contribution < -0.4 is 0 Å². The second-order valence-electron chi connectivity index (χ2n) is 6.56. The molecular formula is C21H18FNO2S. The average molecular weight is 367 g/mol. The monoisotopic (exact) mass is 367 g/mol. The van der Waals surface area contributed by atoms with E-state index in [1.807, 2.05) is 36.4 Å². The fourth-order valence-corrected chi connectivity index (χ4v) is 4.51. The Hall–Kier alpha value is -2.53. The van der Waals surface area contributed by atoms with Crippen molar-refractivity contribution in [2.45, 2.75) is 12.8 Å². The number of fused-ring (bicyclic) bond motifs is 1. The number of amides is 1. The molecule has 1 aromatic heterocycles. The van der Waals surface area contributed by atoms with Gasteiger partial charge in [-0.05, 0) is 31.0 Å². The molecule has 3 aromatic rings. The van der Waals surface area contributed by atoms with Crippen molar-refractivity contribution in [2.24, 2.45) is 5.92 Å². The standard InChI is InChI=1S/C21H18FNO2S/c22-17-7-4-8-18-16(17)13-19(26-18)21(25)23-11-9-15(10-12-23)20(24)14-5-2-1-3-6-14/h1-8,13,15H,9-12H2. The number of halogens is 1. The maximum atomic E-state index is 13.9. The molecule has 2 heterocycles. The minimum Gasteiger partial charge on any atom is -0.338 e. The number of likely N-dealkylation sites (tertiary alicyclic amines) is 1. The van der Waals surface area contributed by atoms with Crippen LogP contribution >= 0.6 is 11.3 Å². The van der Waals surface area contributed by atoms with E-state index in [1.165, 1.54) is 17.4 Å². The minimum absolute atomic E-state index is 0.0405. The number of thiophene rings is 1. The van der Waals surface area contributed by atoms with E-state index in [-0.39, 0.29) is 23.4 Å². The van der Waals surface area contributed by atoms with Crippen molar-refractivity contribution in [3.05, 3.63) is 70.9 Å². The van der Waals surface area contributed by atoms with Gasteiger partial charge >= 0.3 is 0 Å². The summed E-state index contributed by atoms with van der Waals surface area (Å²) in [4.78, 5) is 27.6. The summed E-state index contributed by atoms with van der Waals surface area (Å²) in [5, 5.41) is 0.495. The van der Waals surface area contributed by atoms with Crippen LogP contribution in [0.3, 0.4) is 0 Å². The highest BCUT2D eigenvalue weighted by Gasteiger charge is 2.29. The van der Waals surface area contributed by atoms with Crippen LogP contribution in [0.5, 0.6) is 0 Å². The molecule has 1 saturated heterocycles. The van der Waals surface area contributed by atoms with Gasteiger partial charge in [0.25, 0.3) is 5.91 Å². The summed E-state index contributed by atoms with van der Waals surface area (Å²) in [7, 11) is 0. The van der Waals surface area contributed by atoms with Crippen LogP contribution in [-0.4, -0.2) is 29.7 Å². The van der Waals surface area contributed by atoms with Crippen LogP contribution in [0.25, 0.3) is 10.1 Å². The number of benzene rings is 2. The van der Waals surface area contributed by atoms with Crippen molar-refractivity contribution in [1.29, 1.82) is 0 Å². The first-order valence-electron chi connectivity index (χ1n) is 8.70. The van der Waals surface area contributed by atoms with Crippen molar-refractivity contribution >= 4 is 33.1 Å². The van der Waals surface area contributed by atoms with Crippen LogP contribution in [0.4, 0.5) is 4.39 Å². The van der Waals surface area contributed by atoms with Gasteiger partial charge in [0.05, 0.1) is 4.88 Å². The Balaban J connectivity index is 1.44. The maximum Gasteiger partial charge on any atom is 0.263 e. The Morgan fingerprint density at radius 3 is 2.42 bits per heavy atom. The third-order valence-electron chi connectivity index (χ3n) is 4.93. The van der Waals surface area contributed by atoms with E-state index in [0.29, 0.717) is 36.2 Å². The highest BCUT2D eigenvalue weighted by molar-refractivity contribution is 7.20. The number of hydrogen-bond acceptors (Lipinski definition) is 3. The summed E-state index contributed by atoms with van der Waals surface area (Å²) in [6.07, 6.45) is 1.33. The van der Waals surface area contributed by atoms with E-state index >= 15 is 0 Å². The zero-order chi connectivity index (χ0) is 18.1. The Morgan fingerprint density at radius 1 is 1.00 bits per heavy atom. The molecule has 1 fully saturated rings. The number of piperidine rings is 1. The number of hydrogen-bond donors (Lipinski definition) is 0. The lowest BCUT2D eigenvalue weighted by molar-refractivity contribution is 0.0654. The van der Waals surface area contributed by atoms with Gasteiger partial charge in [0.2, 0.25) is 0 Å². The van der Waals surface area contributed by atoms with Crippen LogP contribution in [0.2, 0.25) is 0 Å². The van der Waals surface area contributed by atoms with Crippen LogP contribution in [0.15, 0.2) is 54.6 Å². The number of carbonyl (C=O) groups is 2. The predicted octanol–water partition coefficient (Wildman–Crippen LogP) is 4.78. The van der Waals surface area contributed by atoms with Gasteiger partial charge in [0, 0.05) is 34.7 Å². The Labute approximate surface area is 155 Å². The van der Waals surface area contributed by atoms with Crippen molar-refractivity contribution in [3.8, 4) is 0 Å². The third kappa shape index (κ3) is 3.15. The van der Waals surface area contributed by atoms with Gasteiger partial charge in [-0.1, -0.05) is 36.4 Å². The third-order valence-corrected chi connectivity index (χ3v) is 6.02.